The van der Waals surface area contributed by atoms with Gasteiger partial charge in [0.1, 0.15) is 0 Å². The minimum atomic E-state index is 0.0590. The highest BCUT2D eigenvalue weighted by molar-refractivity contribution is 5.92. The van der Waals surface area contributed by atoms with Crippen molar-refractivity contribution in [1.82, 2.24) is 4.90 Å². The van der Waals surface area contributed by atoms with Crippen LogP contribution in [0.15, 0.2) is 30.3 Å². The minimum Gasteiger partial charge on any atom is -0.399 e. The van der Waals surface area contributed by atoms with E-state index >= 15 is 0 Å². The number of nitrogens with zero attached hydrogens (tertiary/aromatic N) is 1. The van der Waals surface area contributed by atoms with E-state index in [1.165, 1.54) is 0 Å². The van der Waals surface area contributed by atoms with E-state index in [9.17, 15) is 4.79 Å². The van der Waals surface area contributed by atoms with Crippen LogP contribution in [0.1, 0.15) is 32.8 Å². The standard InChI is InChI=1S/C15H22N2O/c1-4-12(3)17(5-2)15(18)11-8-13-6-9-14(16)10-7-13/h6-12H,4-5,16H2,1-3H3/b11-8+. The monoisotopic (exact) mass is 246 g/mol. The van der Waals surface area contributed by atoms with Crippen LogP contribution in [0.3, 0.4) is 0 Å². The number of hydrogen-bond acceptors (Lipinski definition) is 2. The molecular weight excluding hydrogens is 224 g/mol. The van der Waals surface area contributed by atoms with Crippen LogP contribution in [0.25, 0.3) is 6.08 Å². The Bertz CT molecular complexity index is 409. The summed E-state index contributed by atoms with van der Waals surface area (Å²) in [6.07, 6.45) is 4.42. The van der Waals surface area contributed by atoms with Gasteiger partial charge in [0, 0.05) is 24.4 Å². The van der Waals surface area contributed by atoms with Gasteiger partial charge in [0.2, 0.25) is 5.91 Å². The van der Waals surface area contributed by atoms with E-state index in [1.54, 1.807) is 6.08 Å². The zero-order valence-electron chi connectivity index (χ0n) is 11.4. The van der Waals surface area contributed by atoms with Crippen molar-refractivity contribution in [2.45, 2.75) is 33.2 Å². The summed E-state index contributed by atoms with van der Waals surface area (Å²) in [4.78, 5) is 13.9. The second-order valence-corrected chi connectivity index (χ2v) is 4.38. The molecule has 1 unspecified atom stereocenters. The van der Waals surface area contributed by atoms with Crippen LogP contribution < -0.4 is 5.73 Å². The lowest BCUT2D eigenvalue weighted by Crippen LogP contribution is -2.36. The fourth-order valence-corrected chi connectivity index (χ4v) is 1.78. The molecule has 0 saturated carbocycles. The van der Waals surface area contributed by atoms with Crippen LogP contribution in [0.5, 0.6) is 0 Å². The van der Waals surface area contributed by atoms with Crippen molar-refractivity contribution >= 4 is 17.7 Å². The third-order valence-corrected chi connectivity index (χ3v) is 3.10. The molecule has 3 heteroatoms. The summed E-state index contributed by atoms with van der Waals surface area (Å²) in [7, 11) is 0. The molecule has 0 aliphatic heterocycles. The van der Waals surface area contributed by atoms with Crippen LogP contribution in [-0.4, -0.2) is 23.4 Å². The molecule has 1 atom stereocenters. The molecule has 0 heterocycles. The van der Waals surface area contributed by atoms with Gasteiger partial charge in [0.15, 0.2) is 0 Å². The van der Waals surface area contributed by atoms with E-state index in [4.69, 9.17) is 5.73 Å². The summed E-state index contributed by atoms with van der Waals surface area (Å²) in [5, 5.41) is 0. The van der Waals surface area contributed by atoms with Gasteiger partial charge in [-0.1, -0.05) is 19.1 Å². The molecule has 1 rings (SSSR count). The normalized spacial score (nSPS) is 12.6. The Balaban J connectivity index is 2.71. The number of likely N-dealkylation sites (N-methyl/N-ethyl adjacent to an activating group) is 1. The summed E-state index contributed by atoms with van der Waals surface area (Å²) in [6, 6.07) is 7.74. The first-order valence-electron chi connectivity index (χ1n) is 6.42. The third-order valence-electron chi connectivity index (χ3n) is 3.10. The highest BCUT2D eigenvalue weighted by Gasteiger charge is 2.13. The molecule has 18 heavy (non-hydrogen) atoms. The number of carbonyl (C=O) groups is 1. The van der Waals surface area contributed by atoms with Gasteiger partial charge >= 0.3 is 0 Å². The van der Waals surface area contributed by atoms with E-state index in [0.29, 0.717) is 0 Å². The molecule has 0 aliphatic rings. The van der Waals surface area contributed by atoms with E-state index in [-0.39, 0.29) is 11.9 Å². The van der Waals surface area contributed by atoms with Crippen molar-refractivity contribution in [3.05, 3.63) is 35.9 Å². The predicted molar refractivity (Wildman–Crippen MR) is 77.0 cm³/mol. The molecule has 1 aromatic carbocycles. The summed E-state index contributed by atoms with van der Waals surface area (Å²) >= 11 is 0. The summed E-state index contributed by atoms with van der Waals surface area (Å²) in [6.45, 7) is 6.89. The summed E-state index contributed by atoms with van der Waals surface area (Å²) < 4.78 is 0. The first-order valence-corrected chi connectivity index (χ1v) is 6.42. The van der Waals surface area contributed by atoms with Crippen molar-refractivity contribution in [2.75, 3.05) is 12.3 Å². The van der Waals surface area contributed by atoms with Crippen molar-refractivity contribution in [2.24, 2.45) is 0 Å². The molecule has 0 aliphatic carbocycles. The van der Waals surface area contributed by atoms with Gasteiger partial charge in [-0.15, -0.1) is 0 Å². The molecule has 1 aromatic rings. The molecule has 1 amide bonds. The van der Waals surface area contributed by atoms with E-state index in [1.807, 2.05) is 42.2 Å². The Morgan fingerprint density at radius 3 is 2.44 bits per heavy atom. The van der Waals surface area contributed by atoms with Crippen LogP contribution >= 0.6 is 0 Å². The van der Waals surface area contributed by atoms with Gasteiger partial charge in [-0.3, -0.25) is 4.79 Å². The maximum absolute atomic E-state index is 12.0. The number of rotatable bonds is 5. The van der Waals surface area contributed by atoms with Crippen molar-refractivity contribution < 1.29 is 4.79 Å². The highest BCUT2D eigenvalue weighted by Crippen LogP contribution is 2.09. The van der Waals surface area contributed by atoms with Crippen molar-refractivity contribution in [3.8, 4) is 0 Å². The van der Waals surface area contributed by atoms with E-state index in [0.717, 1.165) is 24.2 Å². The van der Waals surface area contributed by atoms with Gasteiger partial charge in [-0.05, 0) is 44.0 Å². The maximum Gasteiger partial charge on any atom is 0.246 e. The van der Waals surface area contributed by atoms with Crippen LogP contribution in [0.2, 0.25) is 0 Å². The van der Waals surface area contributed by atoms with E-state index < -0.39 is 0 Å². The Morgan fingerprint density at radius 1 is 1.33 bits per heavy atom. The lowest BCUT2D eigenvalue weighted by Gasteiger charge is -2.25. The molecule has 0 radical (unpaired) electrons. The van der Waals surface area contributed by atoms with Gasteiger partial charge in [0.05, 0.1) is 0 Å². The predicted octanol–water partition coefficient (Wildman–Crippen LogP) is 2.93. The average molecular weight is 246 g/mol. The largest absolute Gasteiger partial charge is 0.399 e. The van der Waals surface area contributed by atoms with Gasteiger partial charge in [-0.2, -0.15) is 0 Å². The number of hydrogen-bond donors (Lipinski definition) is 1. The molecule has 0 spiro atoms. The first-order chi connectivity index (χ1) is 8.58. The number of nitrogen functional groups attached to an aromatic ring is 1. The fourth-order valence-electron chi connectivity index (χ4n) is 1.78. The Kier molecular flexibility index (Phi) is 5.43. The zero-order chi connectivity index (χ0) is 13.5. The Hall–Kier alpha value is -1.77. The number of carbonyl (C=O) groups excluding carboxylic acids is 1. The van der Waals surface area contributed by atoms with Crippen molar-refractivity contribution in [1.29, 1.82) is 0 Å². The summed E-state index contributed by atoms with van der Waals surface area (Å²) in [5.41, 5.74) is 7.32. The fraction of sp³-hybridized carbons (Fsp3) is 0.400. The lowest BCUT2D eigenvalue weighted by molar-refractivity contribution is -0.127. The first kappa shape index (κ1) is 14.3. The molecule has 3 nitrogen and oxygen atoms in total. The number of anilines is 1. The molecule has 2 N–H and O–H groups in total. The number of benzene rings is 1. The van der Waals surface area contributed by atoms with Gasteiger partial charge < -0.3 is 10.6 Å². The third kappa shape index (κ3) is 3.91. The number of amides is 1. The SMILES string of the molecule is CCC(C)N(CC)C(=O)/C=C/c1ccc(N)cc1. The molecule has 98 valence electrons. The zero-order valence-corrected chi connectivity index (χ0v) is 11.4. The lowest BCUT2D eigenvalue weighted by atomic mass is 10.1. The molecule has 0 saturated heterocycles. The quantitative estimate of drug-likeness (QED) is 0.641. The molecule has 0 aromatic heterocycles. The number of nitrogens with two attached hydrogens (primary N) is 1. The van der Waals surface area contributed by atoms with Crippen LogP contribution in [-0.2, 0) is 4.79 Å². The van der Waals surface area contributed by atoms with Gasteiger partial charge in [-0.25, -0.2) is 0 Å². The smallest absolute Gasteiger partial charge is 0.246 e. The van der Waals surface area contributed by atoms with Crippen LogP contribution in [0.4, 0.5) is 5.69 Å². The Morgan fingerprint density at radius 2 is 1.94 bits per heavy atom. The highest BCUT2D eigenvalue weighted by atomic mass is 16.2. The van der Waals surface area contributed by atoms with Crippen LogP contribution in [0, 0.1) is 0 Å². The molecule has 0 fully saturated rings. The average Bonchev–Trinajstić information content (AvgIpc) is 2.38. The maximum atomic E-state index is 12.0. The molecule has 0 bridgehead atoms. The van der Waals surface area contributed by atoms with Gasteiger partial charge in [0.25, 0.3) is 0 Å². The van der Waals surface area contributed by atoms with E-state index in [2.05, 4.69) is 13.8 Å². The minimum absolute atomic E-state index is 0.0590. The second kappa shape index (κ2) is 6.84. The van der Waals surface area contributed by atoms with Crippen molar-refractivity contribution in [3.63, 3.8) is 0 Å². The summed E-state index contributed by atoms with van der Waals surface area (Å²) in [5.74, 6) is 0.0590. The molecular formula is C15H22N2O. The Labute approximate surface area is 109 Å². The topological polar surface area (TPSA) is 46.3 Å². The second-order valence-electron chi connectivity index (χ2n) is 4.38.